The maximum Gasteiger partial charge on any atom is 0.224 e. The SMILES string of the molecule is Cc1cc(N)nc(NCCc2ccc(O)cc2)n1. The Balaban J connectivity index is 1.90. The first-order chi connectivity index (χ1) is 8.63. The number of anilines is 2. The van der Waals surface area contributed by atoms with E-state index in [0.29, 0.717) is 18.3 Å². The Bertz CT molecular complexity index is 505. The lowest BCUT2D eigenvalue weighted by Gasteiger charge is -2.06. The van der Waals surface area contributed by atoms with Gasteiger partial charge in [-0.1, -0.05) is 12.1 Å². The van der Waals surface area contributed by atoms with Gasteiger partial charge in [-0.25, -0.2) is 4.98 Å². The van der Waals surface area contributed by atoms with Gasteiger partial charge < -0.3 is 16.2 Å². The first-order valence-corrected chi connectivity index (χ1v) is 5.76. The molecule has 0 saturated carbocycles. The molecule has 0 fully saturated rings. The first-order valence-electron chi connectivity index (χ1n) is 5.76. The molecule has 0 radical (unpaired) electrons. The van der Waals surface area contributed by atoms with E-state index in [0.717, 1.165) is 17.7 Å². The van der Waals surface area contributed by atoms with Crippen molar-refractivity contribution in [2.24, 2.45) is 0 Å². The highest BCUT2D eigenvalue weighted by Crippen LogP contribution is 2.10. The molecule has 2 rings (SSSR count). The molecule has 1 aromatic heterocycles. The minimum Gasteiger partial charge on any atom is -0.508 e. The topological polar surface area (TPSA) is 84.1 Å². The third-order valence-corrected chi connectivity index (χ3v) is 2.51. The Kier molecular flexibility index (Phi) is 3.62. The first kappa shape index (κ1) is 12.2. The van der Waals surface area contributed by atoms with Crippen LogP contribution in [0.25, 0.3) is 0 Å². The van der Waals surface area contributed by atoms with Crippen molar-refractivity contribution in [1.29, 1.82) is 0 Å². The predicted molar refractivity (Wildman–Crippen MR) is 71.5 cm³/mol. The van der Waals surface area contributed by atoms with Gasteiger partial charge in [-0.2, -0.15) is 4.98 Å². The van der Waals surface area contributed by atoms with Crippen molar-refractivity contribution < 1.29 is 5.11 Å². The Hall–Kier alpha value is -2.30. The largest absolute Gasteiger partial charge is 0.508 e. The van der Waals surface area contributed by atoms with Crippen LogP contribution >= 0.6 is 0 Å². The summed E-state index contributed by atoms with van der Waals surface area (Å²) in [6, 6.07) is 8.86. The number of phenolic OH excluding ortho intramolecular Hbond substituents is 1. The van der Waals surface area contributed by atoms with Gasteiger partial charge in [0.25, 0.3) is 0 Å². The van der Waals surface area contributed by atoms with Crippen molar-refractivity contribution in [3.05, 3.63) is 41.6 Å². The van der Waals surface area contributed by atoms with Crippen LogP contribution in [0.1, 0.15) is 11.3 Å². The number of nitrogens with one attached hydrogen (secondary N) is 1. The highest BCUT2D eigenvalue weighted by Gasteiger charge is 1.99. The molecule has 0 atom stereocenters. The fraction of sp³-hybridized carbons (Fsp3) is 0.231. The predicted octanol–water partition coefficient (Wildman–Crippen LogP) is 1.73. The van der Waals surface area contributed by atoms with E-state index in [1.165, 1.54) is 0 Å². The van der Waals surface area contributed by atoms with Crippen LogP contribution in [0, 0.1) is 6.92 Å². The quantitative estimate of drug-likeness (QED) is 0.762. The van der Waals surface area contributed by atoms with E-state index in [9.17, 15) is 5.11 Å². The molecule has 0 bridgehead atoms. The van der Waals surface area contributed by atoms with Gasteiger partial charge in [0.2, 0.25) is 5.95 Å². The number of hydrogen-bond donors (Lipinski definition) is 3. The van der Waals surface area contributed by atoms with E-state index < -0.39 is 0 Å². The smallest absolute Gasteiger partial charge is 0.224 e. The maximum atomic E-state index is 9.17. The van der Waals surface area contributed by atoms with Gasteiger partial charge in [-0.05, 0) is 31.0 Å². The fourth-order valence-electron chi connectivity index (χ4n) is 1.65. The van der Waals surface area contributed by atoms with E-state index in [1.54, 1.807) is 18.2 Å². The monoisotopic (exact) mass is 244 g/mol. The lowest BCUT2D eigenvalue weighted by atomic mass is 10.1. The Morgan fingerprint density at radius 1 is 1.22 bits per heavy atom. The van der Waals surface area contributed by atoms with E-state index in [4.69, 9.17) is 5.73 Å². The molecular weight excluding hydrogens is 228 g/mol. The normalized spacial score (nSPS) is 10.3. The van der Waals surface area contributed by atoms with Gasteiger partial charge in [0, 0.05) is 18.3 Å². The molecule has 0 amide bonds. The number of rotatable bonds is 4. The molecular formula is C13H16N4O. The average molecular weight is 244 g/mol. The molecule has 4 N–H and O–H groups in total. The minimum absolute atomic E-state index is 0.279. The number of nitrogens with two attached hydrogens (primary N) is 1. The van der Waals surface area contributed by atoms with Crippen molar-refractivity contribution in [2.75, 3.05) is 17.6 Å². The standard InChI is InChI=1S/C13H16N4O/c1-9-8-12(14)17-13(16-9)15-7-6-10-2-4-11(18)5-3-10/h2-5,8,18H,6-7H2,1H3,(H3,14,15,16,17). The van der Waals surface area contributed by atoms with Crippen LogP contribution in [0.3, 0.4) is 0 Å². The maximum absolute atomic E-state index is 9.17. The summed E-state index contributed by atoms with van der Waals surface area (Å²) < 4.78 is 0. The third kappa shape index (κ3) is 3.35. The summed E-state index contributed by atoms with van der Waals surface area (Å²) in [7, 11) is 0. The Labute approximate surface area is 106 Å². The van der Waals surface area contributed by atoms with Crippen LogP contribution in [0.15, 0.2) is 30.3 Å². The van der Waals surface area contributed by atoms with Gasteiger partial charge in [0.15, 0.2) is 0 Å². The highest BCUT2D eigenvalue weighted by atomic mass is 16.3. The number of phenols is 1. The molecule has 94 valence electrons. The summed E-state index contributed by atoms with van der Waals surface area (Å²) in [5.74, 6) is 1.29. The molecule has 2 aromatic rings. The Morgan fingerprint density at radius 3 is 2.61 bits per heavy atom. The van der Waals surface area contributed by atoms with Crippen LogP contribution in [0.5, 0.6) is 5.75 Å². The number of nitrogen functional groups attached to an aromatic ring is 1. The molecule has 0 spiro atoms. The number of aromatic nitrogens is 2. The zero-order chi connectivity index (χ0) is 13.0. The van der Waals surface area contributed by atoms with Crippen molar-refractivity contribution in [3.63, 3.8) is 0 Å². The zero-order valence-electron chi connectivity index (χ0n) is 10.2. The summed E-state index contributed by atoms with van der Waals surface area (Å²) in [5, 5.41) is 12.3. The number of aromatic hydroxyl groups is 1. The summed E-state index contributed by atoms with van der Waals surface area (Å²) in [5.41, 5.74) is 7.62. The highest BCUT2D eigenvalue weighted by molar-refractivity contribution is 5.38. The summed E-state index contributed by atoms with van der Waals surface area (Å²) in [6.07, 6.45) is 0.831. The fourth-order valence-corrected chi connectivity index (χ4v) is 1.65. The molecule has 0 aliphatic rings. The van der Waals surface area contributed by atoms with Gasteiger partial charge in [0.05, 0.1) is 0 Å². The van der Waals surface area contributed by atoms with Crippen LogP contribution in [0.4, 0.5) is 11.8 Å². The van der Waals surface area contributed by atoms with E-state index in [2.05, 4.69) is 15.3 Å². The van der Waals surface area contributed by atoms with Crippen molar-refractivity contribution in [3.8, 4) is 5.75 Å². The lowest BCUT2D eigenvalue weighted by molar-refractivity contribution is 0.475. The van der Waals surface area contributed by atoms with Crippen molar-refractivity contribution >= 4 is 11.8 Å². The second-order valence-corrected chi connectivity index (χ2v) is 4.10. The van der Waals surface area contributed by atoms with Crippen LogP contribution in [-0.4, -0.2) is 21.6 Å². The van der Waals surface area contributed by atoms with Crippen molar-refractivity contribution in [1.82, 2.24) is 9.97 Å². The number of nitrogens with zero attached hydrogens (tertiary/aromatic N) is 2. The summed E-state index contributed by atoms with van der Waals surface area (Å²) >= 11 is 0. The van der Waals surface area contributed by atoms with Gasteiger partial charge in [-0.3, -0.25) is 0 Å². The molecule has 5 nitrogen and oxygen atoms in total. The average Bonchev–Trinajstić information content (AvgIpc) is 2.30. The summed E-state index contributed by atoms with van der Waals surface area (Å²) in [4.78, 5) is 8.33. The van der Waals surface area contributed by atoms with Gasteiger partial charge in [-0.15, -0.1) is 0 Å². The molecule has 0 saturated heterocycles. The molecule has 5 heteroatoms. The van der Waals surface area contributed by atoms with Crippen LogP contribution in [0.2, 0.25) is 0 Å². The minimum atomic E-state index is 0.279. The van der Waals surface area contributed by atoms with E-state index >= 15 is 0 Å². The van der Waals surface area contributed by atoms with Crippen LogP contribution < -0.4 is 11.1 Å². The lowest BCUT2D eigenvalue weighted by Crippen LogP contribution is -2.09. The molecule has 0 aliphatic heterocycles. The molecule has 0 unspecified atom stereocenters. The second kappa shape index (κ2) is 5.35. The van der Waals surface area contributed by atoms with Gasteiger partial charge in [0.1, 0.15) is 11.6 Å². The number of hydrogen-bond acceptors (Lipinski definition) is 5. The second-order valence-electron chi connectivity index (χ2n) is 4.10. The van der Waals surface area contributed by atoms with Gasteiger partial charge >= 0.3 is 0 Å². The Morgan fingerprint density at radius 2 is 1.94 bits per heavy atom. The van der Waals surface area contributed by atoms with Crippen LogP contribution in [-0.2, 0) is 6.42 Å². The molecule has 1 aromatic carbocycles. The molecule has 0 aliphatic carbocycles. The zero-order valence-corrected chi connectivity index (χ0v) is 10.2. The number of aryl methyl sites for hydroxylation is 1. The number of benzene rings is 1. The van der Waals surface area contributed by atoms with Crippen molar-refractivity contribution in [2.45, 2.75) is 13.3 Å². The molecule has 18 heavy (non-hydrogen) atoms. The molecule has 1 heterocycles. The summed E-state index contributed by atoms with van der Waals surface area (Å²) in [6.45, 7) is 2.59. The van der Waals surface area contributed by atoms with E-state index in [-0.39, 0.29) is 5.75 Å². The third-order valence-electron chi connectivity index (χ3n) is 2.51. The van der Waals surface area contributed by atoms with E-state index in [1.807, 2.05) is 19.1 Å².